The van der Waals surface area contributed by atoms with E-state index < -0.39 is 26.8 Å². The van der Waals surface area contributed by atoms with Crippen molar-refractivity contribution in [1.82, 2.24) is 4.90 Å². The van der Waals surface area contributed by atoms with Gasteiger partial charge in [-0.05, 0) is 30.0 Å². The molecule has 1 saturated heterocycles. The molecule has 1 aliphatic heterocycles. The van der Waals surface area contributed by atoms with Gasteiger partial charge in [-0.25, -0.2) is 12.8 Å². The summed E-state index contributed by atoms with van der Waals surface area (Å²) < 4.78 is 38.7. The minimum atomic E-state index is -3.32. The molecule has 1 aliphatic rings. The average Bonchev–Trinajstić information content (AvgIpc) is 2.99. The van der Waals surface area contributed by atoms with Crippen LogP contribution in [0.25, 0.3) is 0 Å². The predicted octanol–water partition coefficient (Wildman–Crippen LogP) is 2.89. The molecule has 1 aromatic heterocycles. The molecular weight excluding hydrogens is 337 g/mol. The van der Waals surface area contributed by atoms with Gasteiger partial charge in [0.05, 0.1) is 16.6 Å². The Morgan fingerprint density at radius 2 is 1.96 bits per heavy atom. The second kappa shape index (κ2) is 6.41. The summed E-state index contributed by atoms with van der Waals surface area (Å²) in [5.74, 6) is -1.14. The van der Waals surface area contributed by atoms with Gasteiger partial charge in [0.15, 0.2) is 9.84 Å². The number of thiophene rings is 1. The molecule has 0 bridgehead atoms. The number of carbonyl (C=O) groups excluding carboxylic acids is 1. The van der Waals surface area contributed by atoms with Gasteiger partial charge in [-0.1, -0.05) is 18.2 Å². The lowest BCUT2D eigenvalue weighted by Crippen LogP contribution is -2.34. The van der Waals surface area contributed by atoms with Gasteiger partial charge in [-0.2, -0.15) is 0 Å². The van der Waals surface area contributed by atoms with E-state index in [1.807, 2.05) is 11.4 Å². The van der Waals surface area contributed by atoms with Crippen LogP contribution in [-0.2, 0) is 9.84 Å². The van der Waals surface area contributed by atoms with Crippen molar-refractivity contribution in [2.24, 2.45) is 0 Å². The highest BCUT2D eigenvalue weighted by molar-refractivity contribution is 7.91. The van der Waals surface area contributed by atoms with Gasteiger partial charge in [0, 0.05) is 18.0 Å². The largest absolute Gasteiger partial charge is 0.337 e. The first-order chi connectivity index (χ1) is 11.0. The summed E-state index contributed by atoms with van der Waals surface area (Å²) in [4.78, 5) is 14.7. The van der Waals surface area contributed by atoms with E-state index in [-0.39, 0.29) is 17.9 Å². The number of halogens is 1. The molecule has 0 spiro atoms. The van der Waals surface area contributed by atoms with E-state index in [1.165, 1.54) is 34.4 Å². The topological polar surface area (TPSA) is 54.5 Å². The fourth-order valence-electron chi connectivity index (χ4n) is 2.75. The number of hydrogen-bond acceptors (Lipinski definition) is 4. The molecule has 4 nitrogen and oxygen atoms in total. The molecule has 0 saturated carbocycles. The van der Waals surface area contributed by atoms with E-state index in [0.717, 1.165) is 4.88 Å². The van der Waals surface area contributed by atoms with Gasteiger partial charge in [-0.3, -0.25) is 4.79 Å². The SMILES string of the molecule is O=C(c1ccccc1F)N1CCC(c2cccs2)S(=O)(=O)CC1. The number of sulfone groups is 1. The minimum Gasteiger partial charge on any atom is -0.337 e. The van der Waals surface area contributed by atoms with Crippen LogP contribution in [0.5, 0.6) is 0 Å². The maximum Gasteiger partial charge on any atom is 0.256 e. The van der Waals surface area contributed by atoms with Crippen molar-refractivity contribution in [1.29, 1.82) is 0 Å². The molecule has 122 valence electrons. The van der Waals surface area contributed by atoms with Crippen molar-refractivity contribution in [2.45, 2.75) is 11.7 Å². The molecule has 7 heteroatoms. The maximum absolute atomic E-state index is 13.8. The monoisotopic (exact) mass is 353 g/mol. The Kier molecular flexibility index (Phi) is 4.50. The Labute approximate surface area is 138 Å². The molecule has 0 N–H and O–H groups in total. The number of rotatable bonds is 2. The zero-order valence-corrected chi connectivity index (χ0v) is 13.9. The van der Waals surface area contributed by atoms with Crippen molar-refractivity contribution in [3.05, 3.63) is 58.0 Å². The Morgan fingerprint density at radius 3 is 2.65 bits per heavy atom. The van der Waals surface area contributed by atoms with Gasteiger partial charge < -0.3 is 4.90 Å². The lowest BCUT2D eigenvalue weighted by atomic mass is 10.1. The fourth-order valence-corrected chi connectivity index (χ4v) is 5.75. The van der Waals surface area contributed by atoms with Crippen molar-refractivity contribution in [3.8, 4) is 0 Å². The molecule has 1 fully saturated rings. The second-order valence-corrected chi connectivity index (χ2v) is 8.71. The van der Waals surface area contributed by atoms with Crippen molar-refractivity contribution in [2.75, 3.05) is 18.8 Å². The van der Waals surface area contributed by atoms with E-state index in [1.54, 1.807) is 12.1 Å². The average molecular weight is 353 g/mol. The normalized spacial score (nSPS) is 20.9. The summed E-state index contributed by atoms with van der Waals surface area (Å²) in [5.41, 5.74) is -0.0144. The van der Waals surface area contributed by atoms with Crippen molar-refractivity contribution < 1.29 is 17.6 Å². The number of amides is 1. The second-order valence-electron chi connectivity index (χ2n) is 5.43. The first-order valence-corrected chi connectivity index (χ1v) is 9.87. The van der Waals surface area contributed by atoms with E-state index in [2.05, 4.69) is 0 Å². The van der Waals surface area contributed by atoms with Crippen LogP contribution >= 0.6 is 11.3 Å². The quantitative estimate of drug-likeness (QED) is 0.834. The zero-order chi connectivity index (χ0) is 16.4. The van der Waals surface area contributed by atoms with E-state index in [9.17, 15) is 17.6 Å². The first-order valence-electron chi connectivity index (χ1n) is 7.28. The molecule has 2 heterocycles. The predicted molar refractivity (Wildman–Crippen MR) is 87.8 cm³/mol. The van der Waals surface area contributed by atoms with Crippen LogP contribution in [0.4, 0.5) is 4.39 Å². The first kappa shape index (κ1) is 16.1. The number of nitrogens with zero attached hydrogens (tertiary/aromatic N) is 1. The van der Waals surface area contributed by atoms with Gasteiger partial charge >= 0.3 is 0 Å². The molecule has 1 unspecified atom stereocenters. The van der Waals surface area contributed by atoms with Gasteiger partial charge in [0.25, 0.3) is 5.91 Å². The van der Waals surface area contributed by atoms with Crippen LogP contribution in [0.15, 0.2) is 41.8 Å². The molecular formula is C16H16FNO3S2. The molecule has 2 aromatic rings. The Bertz CT molecular complexity index is 802. The van der Waals surface area contributed by atoms with Gasteiger partial charge in [0.1, 0.15) is 5.82 Å². The standard InChI is InChI=1S/C16H16FNO3S2/c17-13-5-2-1-4-12(13)16(19)18-8-7-15(14-6-3-10-22-14)23(20,21)11-9-18/h1-6,10,15H,7-9,11H2. The summed E-state index contributed by atoms with van der Waals surface area (Å²) in [7, 11) is -3.32. The summed E-state index contributed by atoms with van der Waals surface area (Å²) in [5, 5.41) is 1.26. The Hall–Kier alpha value is -1.73. The molecule has 1 amide bonds. The lowest BCUT2D eigenvalue weighted by Gasteiger charge is -2.20. The van der Waals surface area contributed by atoms with Crippen LogP contribution in [0.1, 0.15) is 26.9 Å². The number of hydrogen-bond donors (Lipinski definition) is 0. The zero-order valence-electron chi connectivity index (χ0n) is 12.3. The third-order valence-electron chi connectivity index (χ3n) is 3.99. The summed E-state index contributed by atoms with van der Waals surface area (Å²) in [6, 6.07) is 9.40. The number of carbonyl (C=O) groups is 1. The maximum atomic E-state index is 13.8. The minimum absolute atomic E-state index is 0.0144. The van der Waals surface area contributed by atoms with E-state index in [4.69, 9.17) is 0 Å². The van der Waals surface area contributed by atoms with Crippen molar-refractivity contribution >= 4 is 27.1 Å². The van der Waals surface area contributed by atoms with Crippen LogP contribution in [0.2, 0.25) is 0 Å². The van der Waals surface area contributed by atoms with E-state index in [0.29, 0.717) is 13.0 Å². The van der Waals surface area contributed by atoms with Gasteiger partial charge in [-0.15, -0.1) is 11.3 Å². The Balaban J connectivity index is 1.83. The number of benzene rings is 1. The van der Waals surface area contributed by atoms with Crippen LogP contribution in [-0.4, -0.2) is 38.1 Å². The highest BCUT2D eigenvalue weighted by atomic mass is 32.2. The molecule has 23 heavy (non-hydrogen) atoms. The van der Waals surface area contributed by atoms with Crippen LogP contribution in [0, 0.1) is 5.82 Å². The molecule has 0 radical (unpaired) electrons. The summed E-state index contributed by atoms with van der Waals surface area (Å²) in [6.45, 7) is 0.395. The molecule has 0 aliphatic carbocycles. The lowest BCUT2D eigenvalue weighted by molar-refractivity contribution is 0.0762. The third-order valence-corrected chi connectivity index (χ3v) is 7.24. The Morgan fingerprint density at radius 1 is 1.17 bits per heavy atom. The van der Waals surface area contributed by atoms with Gasteiger partial charge in [0.2, 0.25) is 0 Å². The third kappa shape index (κ3) is 3.30. The molecule has 1 aromatic carbocycles. The van der Waals surface area contributed by atoms with Crippen LogP contribution in [0.3, 0.4) is 0 Å². The highest BCUT2D eigenvalue weighted by Gasteiger charge is 2.33. The fraction of sp³-hybridized carbons (Fsp3) is 0.312. The van der Waals surface area contributed by atoms with Crippen molar-refractivity contribution in [3.63, 3.8) is 0 Å². The molecule has 1 atom stereocenters. The van der Waals surface area contributed by atoms with Crippen LogP contribution < -0.4 is 0 Å². The summed E-state index contributed by atoms with van der Waals surface area (Å²) in [6.07, 6.45) is 0.336. The smallest absolute Gasteiger partial charge is 0.256 e. The summed E-state index contributed by atoms with van der Waals surface area (Å²) >= 11 is 1.41. The molecule has 3 rings (SSSR count). The van der Waals surface area contributed by atoms with E-state index >= 15 is 0 Å². The highest BCUT2D eigenvalue weighted by Crippen LogP contribution is 2.32.